The number of rotatable bonds is 4. The quantitative estimate of drug-likeness (QED) is 0.832. The molecule has 4 rings (SSSR count). The van der Waals surface area contributed by atoms with Crippen molar-refractivity contribution < 1.29 is 19.4 Å². The van der Waals surface area contributed by atoms with E-state index in [-0.39, 0.29) is 0 Å². The van der Waals surface area contributed by atoms with E-state index in [9.17, 15) is 9.90 Å². The molecule has 7 nitrogen and oxygen atoms in total. The average molecular weight is 409 g/mol. The summed E-state index contributed by atoms with van der Waals surface area (Å²) in [6, 6.07) is 13.5. The minimum atomic E-state index is -0.771. The van der Waals surface area contributed by atoms with Crippen LogP contribution in [0, 0.1) is 5.41 Å². The second-order valence-corrected chi connectivity index (χ2v) is 8.32. The average Bonchev–Trinajstić information content (AvgIpc) is 2.90. The Balaban J connectivity index is 1.62. The van der Waals surface area contributed by atoms with Gasteiger partial charge in [-0.3, -0.25) is 9.69 Å². The van der Waals surface area contributed by atoms with E-state index in [1.165, 1.54) is 0 Å². The van der Waals surface area contributed by atoms with Gasteiger partial charge in [0, 0.05) is 32.7 Å². The third-order valence-corrected chi connectivity index (χ3v) is 5.61. The standard InChI is InChI=1S/C23H27N3O4/c1-23(2,22(27)28)15-25-10-12-26(13-11-25)21-17-14-16(29-3)8-9-19(17)30-20-7-5-4-6-18(20)24-21/h4-9,14H,10-13,15H2,1-3H3,(H,27,28). The summed E-state index contributed by atoms with van der Waals surface area (Å²) < 4.78 is 11.6. The molecule has 0 spiro atoms. The maximum atomic E-state index is 11.5. The van der Waals surface area contributed by atoms with Crippen LogP contribution in [0.3, 0.4) is 0 Å². The summed E-state index contributed by atoms with van der Waals surface area (Å²) in [6.45, 7) is 7.14. The minimum Gasteiger partial charge on any atom is -0.497 e. The van der Waals surface area contributed by atoms with E-state index in [0.29, 0.717) is 6.54 Å². The number of piperazine rings is 1. The third-order valence-electron chi connectivity index (χ3n) is 5.61. The number of ether oxygens (including phenoxy) is 2. The largest absolute Gasteiger partial charge is 0.497 e. The number of carbonyl (C=O) groups is 1. The van der Waals surface area contributed by atoms with E-state index in [1.807, 2.05) is 42.5 Å². The summed E-state index contributed by atoms with van der Waals surface area (Å²) in [7, 11) is 1.65. The van der Waals surface area contributed by atoms with Gasteiger partial charge in [0.15, 0.2) is 5.75 Å². The van der Waals surface area contributed by atoms with Gasteiger partial charge in [0.2, 0.25) is 0 Å². The molecule has 0 saturated carbocycles. The van der Waals surface area contributed by atoms with Crippen LogP contribution in [-0.4, -0.2) is 66.5 Å². The number of carboxylic acids is 1. The number of nitrogens with zero attached hydrogens (tertiary/aromatic N) is 3. The molecule has 2 aromatic rings. The SMILES string of the molecule is COc1ccc2c(c1)C(N1CCN(CC(C)(C)C(=O)O)CC1)=Nc1ccccc1O2. The molecule has 30 heavy (non-hydrogen) atoms. The zero-order valence-corrected chi connectivity index (χ0v) is 17.6. The van der Waals surface area contributed by atoms with Gasteiger partial charge >= 0.3 is 5.97 Å². The topological polar surface area (TPSA) is 74.6 Å². The van der Waals surface area contributed by atoms with Crippen LogP contribution >= 0.6 is 0 Å². The van der Waals surface area contributed by atoms with Crippen LogP contribution in [0.15, 0.2) is 47.5 Å². The van der Waals surface area contributed by atoms with Crippen LogP contribution < -0.4 is 9.47 Å². The molecule has 0 unspecified atom stereocenters. The highest BCUT2D eigenvalue weighted by atomic mass is 16.5. The predicted molar refractivity (Wildman–Crippen MR) is 115 cm³/mol. The molecule has 1 saturated heterocycles. The summed E-state index contributed by atoms with van der Waals surface area (Å²) >= 11 is 0. The molecule has 2 aliphatic rings. The van der Waals surface area contributed by atoms with Crippen LogP contribution in [0.2, 0.25) is 0 Å². The Labute approximate surface area is 176 Å². The van der Waals surface area contributed by atoms with Crippen LogP contribution in [0.5, 0.6) is 17.2 Å². The Kier molecular flexibility index (Phi) is 5.39. The number of methoxy groups -OCH3 is 1. The van der Waals surface area contributed by atoms with Crippen molar-refractivity contribution in [1.82, 2.24) is 9.80 Å². The molecule has 2 aromatic carbocycles. The highest BCUT2D eigenvalue weighted by Gasteiger charge is 2.32. The maximum Gasteiger partial charge on any atom is 0.310 e. The number of fused-ring (bicyclic) bond motifs is 2. The van der Waals surface area contributed by atoms with Crippen molar-refractivity contribution in [2.24, 2.45) is 10.4 Å². The molecule has 1 N–H and O–H groups in total. The molecule has 2 heterocycles. The Morgan fingerprint density at radius 3 is 2.57 bits per heavy atom. The van der Waals surface area contributed by atoms with Gasteiger partial charge in [-0.25, -0.2) is 4.99 Å². The fraction of sp³-hybridized carbons (Fsp3) is 0.391. The van der Waals surface area contributed by atoms with Crippen molar-refractivity contribution in [3.05, 3.63) is 48.0 Å². The lowest BCUT2D eigenvalue weighted by molar-refractivity contribution is -0.148. The fourth-order valence-electron chi connectivity index (χ4n) is 3.81. The van der Waals surface area contributed by atoms with Crippen molar-refractivity contribution in [3.8, 4) is 17.2 Å². The molecular weight excluding hydrogens is 382 g/mol. The molecule has 0 aromatic heterocycles. The van der Waals surface area contributed by atoms with Gasteiger partial charge in [-0.2, -0.15) is 0 Å². The first-order chi connectivity index (χ1) is 14.4. The number of hydrogen-bond donors (Lipinski definition) is 1. The van der Waals surface area contributed by atoms with Crippen molar-refractivity contribution in [2.75, 3.05) is 39.8 Å². The monoisotopic (exact) mass is 409 g/mol. The lowest BCUT2D eigenvalue weighted by Crippen LogP contribution is -2.52. The number of hydrogen-bond acceptors (Lipinski definition) is 6. The van der Waals surface area contributed by atoms with Gasteiger partial charge in [-0.1, -0.05) is 12.1 Å². The molecule has 7 heteroatoms. The van der Waals surface area contributed by atoms with E-state index < -0.39 is 11.4 Å². The Morgan fingerprint density at radius 1 is 1.13 bits per heavy atom. The highest BCUT2D eigenvalue weighted by molar-refractivity contribution is 6.04. The van der Waals surface area contributed by atoms with E-state index in [0.717, 1.165) is 60.5 Å². The van der Waals surface area contributed by atoms with Crippen molar-refractivity contribution in [2.45, 2.75) is 13.8 Å². The minimum absolute atomic E-state index is 0.527. The van der Waals surface area contributed by atoms with Crippen molar-refractivity contribution in [1.29, 1.82) is 0 Å². The Hall–Kier alpha value is -3.06. The normalized spacial score (nSPS) is 16.6. The predicted octanol–water partition coefficient (Wildman–Crippen LogP) is 3.61. The zero-order valence-electron chi connectivity index (χ0n) is 17.6. The van der Waals surface area contributed by atoms with E-state index >= 15 is 0 Å². The third kappa shape index (κ3) is 3.98. The summed E-state index contributed by atoms with van der Waals surface area (Å²) in [5.74, 6) is 2.30. The van der Waals surface area contributed by atoms with Crippen LogP contribution in [-0.2, 0) is 4.79 Å². The maximum absolute atomic E-state index is 11.5. The number of aliphatic carboxylic acids is 1. The first-order valence-corrected chi connectivity index (χ1v) is 10.1. The van der Waals surface area contributed by atoms with Gasteiger partial charge in [0.1, 0.15) is 23.0 Å². The lowest BCUT2D eigenvalue weighted by Gasteiger charge is -2.39. The van der Waals surface area contributed by atoms with E-state index in [4.69, 9.17) is 14.5 Å². The Morgan fingerprint density at radius 2 is 1.87 bits per heavy atom. The first-order valence-electron chi connectivity index (χ1n) is 10.1. The smallest absolute Gasteiger partial charge is 0.310 e. The summed E-state index contributed by atoms with van der Waals surface area (Å²) in [6.07, 6.45) is 0. The van der Waals surface area contributed by atoms with E-state index in [2.05, 4.69) is 9.80 Å². The lowest BCUT2D eigenvalue weighted by atomic mass is 9.93. The zero-order chi connectivity index (χ0) is 21.3. The molecular formula is C23H27N3O4. The number of benzene rings is 2. The van der Waals surface area contributed by atoms with Gasteiger partial charge in [0.05, 0.1) is 18.1 Å². The molecule has 1 fully saturated rings. The van der Waals surface area contributed by atoms with Crippen LogP contribution in [0.25, 0.3) is 0 Å². The molecule has 0 aliphatic carbocycles. The molecule has 0 bridgehead atoms. The number of aliphatic imine (C=N–C) groups is 1. The van der Waals surface area contributed by atoms with Crippen LogP contribution in [0.1, 0.15) is 19.4 Å². The first kappa shape index (κ1) is 20.2. The molecule has 158 valence electrons. The van der Waals surface area contributed by atoms with Crippen molar-refractivity contribution in [3.63, 3.8) is 0 Å². The van der Waals surface area contributed by atoms with Gasteiger partial charge in [-0.15, -0.1) is 0 Å². The van der Waals surface area contributed by atoms with Gasteiger partial charge in [0.25, 0.3) is 0 Å². The van der Waals surface area contributed by atoms with Crippen LogP contribution in [0.4, 0.5) is 5.69 Å². The second kappa shape index (κ2) is 7.99. The van der Waals surface area contributed by atoms with Gasteiger partial charge in [-0.05, 0) is 44.2 Å². The molecule has 0 atom stereocenters. The van der Waals surface area contributed by atoms with Gasteiger partial charge < -0.3 is 19.5 Å². The van der Waals surface area contributed by atoms with Crippen molar-refractivity contribution >= 4 is 17.5 Å². The second-order valence-electron chi connectivity index (χ2n) is 8.32. The number of para-hydroxylation sites is 2. The summed E-state index contributed by atoms with van der Waals surface area (Å²) in [5.41, 5.74) is 0.913. The summed E-state index contributed by atoms with van der Waals surface area (Å²) in [4.78, 5) is 20.9. The number of carboxylic acid groups (broad SMARTS) is 1. The molecule has 0 radical (unpaired) electrons. The number of amidine groups is 1. The fourth-order valence-corrected chi connectivity index (χ4v) is 3.81. The molecule has 0 amide bonds. The summed E-state index contributed by atoms with van der Waals surface area (Å²) in [5, 5.41) is 9.43. The highest BCUT2D eigenvalue weighted by Crippen LogP contribution is 2.39. The van der Waals surface area contributed by atoms with E-state index in [1.54, 1.807) is 21.0 Å². The molecule has 2 aliphatic heterocycles. The Bertz CT molecular complexity index is 978.